The number of fused-ring (bicyclic) bond motifs is 3. The van der Waals surface area contributed by atoms with Gasteiger partial charge in [-0.15, -0.1) is 0 Å². The van der Waals surface area contributed by atoms with E-state index in [4.69, 9.17) is 10.8 Å². The Hall–Kier alpha value is -2.13. The lowest BCUT2D eigenvalue weighted by Crippen LogP contribution is -2.08. The van der Waals surface area contributed by atoms with Crippen molar-refractivity contribution >= 4 is 5.97 Å². The fourth-order valence-electron chi connectivity index (χ4n) is 2.70. The van der Waals surface area contributed by atoms with Gasteiger partial charge in [-0.05, 0) is 34.2 Å². The third kappa shape index (κ3) is 2.02. The van der Waals surface area contributed by atoms with Crippen LogP contribution in [-0.4, -0.2) is 11.1 Å². The highest BCUT2D eigenvalue weighted by atomic mass is 16.4. The molecule has 3 heteroatoms. The number of carboxylic acids is 1. The van der Waals surface area contributed by atoms with Gasteiger partial charge in [0, 0.05) is 6.42 Å². The van der Waals surface area contributed by atoms with Crippen molar-refractivity contribution in [2.75, 3.05) is 0 Å². The summed E-state index contributed by atoms with van der Waals surface area (Å²) in [6, 6.07) is 14.1. The van der Waals surface area contributed by atoms with Gasteiger partial charge in [0.1, 0.15) is 0 Å². The highest BCUT2D eigenvalue weighted by molar-refractivity contribution is 5.78. The predicted molar refractivity (Wildman–Crippen MR) is 73.9 cm³/mol. The first-order valence-corrected chi connectivity index (χ1v) is 6.36. The van der Waals surface area contributed by atoms with Crippen LogP contribution < -0.4 is 5.73 Å². The van der Waals surface area contributed by atoms with Gasteiger partial charge in [-0.2, -0.15) is 0 Å². The van der Waals surface area contributed by atoms with E-state index >= 15 is 0 Å². The molecule has 2 aromatic carbocycles. The molecule has 0 fully saturated rings. The van der Waals surface area contributed by atoms with Crippen molar-refractivity contribution in [1.29, 1.82) is 0 Å². The maximum absolute atomic E-state index is 10.6. The maximum Gasteiger partial charge on any atom is 0.303 e. The molecule has 2 aromatic rings. The summed E-state index contributed by atoms with van der Waals surface area (Å²) in [6.07, 6.45) is 0.701. The Bertz CT molecular complexity index is 649. The van der Waals surface area contributed by atoms with Crippen LogP contribution >= 0.6 is 0 Å². The number of hydrogen-bond donors (Lipinski definition) is 2. The van der Waals surface area contributed by atoms with Gasteiger partial charge in [-0.1, -0.05) is 42.5 Å². The first-order chi connectivity index (χ1) is 9.16. The molecule has 96 valence electrons. The Balaban J connectivity index is 1.98. The molecule has 3 rings (SSSR count). The molecule has 1 unspecified atom stereocenters. The molecule has 3 N–H and O–H groups in total. The zero-order valence-electron chi connectivity index (χ0n) is 10.5. The van der Waals surface area contributed by atoms with Gasteiger partial charge >= 0.3 is 5.97 Å². The summed E-state index contributed by atoms with van der Waals surface area (Å²) >= 11 is 0. The third-order valence-electron chi connectivity index (χ3n) is 3.66. The molecule has 0 amide bonds. The average molecular weight is 253 g/mol. The van der Waals surface area contributed by atoms with Crippen molar-refractivity contribution in [3.8, 4) is 11.1 Å². The van der Waals surface area contributed by atoms with Gasteiger partial charge in [-0.3, -0.25) is 4.79 Å². The SMILES string of the molecule is NC1c2ccccc2-c2ccc(CCC(=O)O)cc21. The molecule has 1 aliphatic rings. The van der Waals surface area contributed by atoms with Crippen LogP contribution in [0.4, 0.5) is 0 Å². The van der Waals surface area contributed by atoms with Gasteiger partial charge in [-0.25, -0.2) is 0 Å². The molecule has 1 atom stereocenters. The summed E-state index contributed by atoms with van der Waals surface area (Å²) in [4.78, 5) is 10.6. The van der Waals surface area contributed by atoms with E-state index in [0.29, 0.717) is 6.42 Å². The van der Waals surface area contributed by atoms with Gasteiger partial charge < -0.3 is 10.8 Å². The lowest BCUT2D eigenvalue weighted by Gasteiger charge is -2.08. The fourth-order valence-corrected chi connectivity index (χ4v) is 2.70. The second-order valence-electron chi connectivity index (χ2n) is 4.88. The Morgan fingerprint density at radius 2 is 1.84 bits per heavy atom. The quantitative estimate of drug-likeness (QED) is 0.884. The third-order valence-corrected chi connectivity index (χ3v) is 3.66. The molecule has 0 spiro atoms. The number of rotatable bonds is 3. The minimum Gasteiger partial charge on any atom is -0.481 e. The predicted octanol–water partition coefficient (Wildman–Crippen LogP) is 2.73. The monoisotopic (exact) mass is 253 g/mol. The molecule has 0 heterocycles. The van der Waals surface area contributed by atoms with E-state index in [2.05, 4.69) is 18.2 Å². The number of carboxylic acid groups (broad SMARTS) is 1. The van der Waals surface area contributed by atoms with E-state index in [1.165, 1.54) is 11.1 Å². The van der Waals surface area contributed by atoms with Gasteiger partial charge in [0.25, 0.3) is 0 Å². The fraction of sp³-hybridized carbons (Fsp3) is 0.188. The lowest BCUT2D eigenvalue weighted by molar-refractivity contribution is -0.136. The molecule has 1 aliphatic carbocycles. The van der Waals surface area contributed by atoms with Gasteiger partial charge in [0.05, 0.1) is 6.04 Å². The Morgan fingerprint density at radius 3 is 2.63 bits per heavy atom. The van der Waals surface area contributed by atoms with Gasteiger partial charge in [0.15, 0.2) is 0 Å². The Morgan fingerprint density at radius 1 is 1.11 bits per heavy atom. The van der Waals surface area contributed by atoms with E-state index in [0.717, 1.165) is 16.7 Å². The second-order valence-corrected chi connectivity index (χ2v) is 4.88. The number of benzene rings is 2. The summed E-state index contributed by atoms with van der Waals surface area (Å²) in [6.45, 7) is 0. The molecular formula is C16H15NO2. The summed E-state index contributed by atoms with van der Waals surface area (Å²) in [5, 5.41) is 8.74. The van der Waals surface area contributed by atoms with Crippen LogP contribution in [0.3, 0.4) is 0 Å². The molecule has 0 saturated carbocycles. The van der Waals surface area contributed by atoms with Crippen LogP contribution in [0.25, 0.3) is 11.1 Å². The van der Waals surface area contributed by atoms with Crippen LogP contribution in [0.15, 0.2) is 42.5 Å². The molecule has 0 saturated heterocycles. The normalized spacial score (nSPS) is 15.9. The number of carbonyl (C=O) groups is 1. The Kier molecular flexibility index (Phi) is 2.84. The van der Waals surface area contributed by atoms with Crippen molar-refractivity contribution in [3.05, 3.63) is 59.2 Å². The summed E-state index contributed by atoms with van der Waals surface area (Å²) in [5.41, 5.74) is 11.9. The molecule has 0 aliphatic heterocycles. The van der Waals surface area contributed by atoms with Crippen molar-refractivity contribution < 1.29 is 9.90 Å². The average Bonchev–Trinajstić information content (AvgIpc) is 2.71. The van der Waals surface area contributed by atoms with Crippen LogP contribution in [0, 0.1) is 0 Å². The Labute approximate surface area is 111 Å². The van der Waals surface area contributed by atoms with Crippen LogP contribution in [0.2, 0.25) is 0 Å². The number of aryl methyl sites for hydroxylation is 1. The van der Waals surface area contributed by atoms with E-state index in [1.807, 2.05) is 24.3 Å². The summed E-state index contributed by atoms with van der Waals surface area (Å²) in [7, 11) is 0. The van der Waals surface area contributed by atoms with Crippen molar-refractivity contribution in [2.24, 2.45) is 5.73 Å². The molecule has 0 radical (unpaired) electrons. The molecule has 0 aromatic heterocycles. The number of hydrogen-bond acceptors (Lipinski definition) is 2. The van der Waals surface area contributed by atoms with Crippen LogP contribution in [0.5, 0.6) is 0 Å². The molecule has 19 heavy (non-hydrogen) atoms. The summed E-state index contributed by atoms with van der Waals surface area (Å²) < 4.78 is 0. The maximum atomic E-state index is 10.6. The first kappa shape index (κ1) is 11.9. The van der Waals surface area contributed by atoms with E-state index in [1.54, 1.807) is 0 Å². The molecule has 3 nitrogen and oxygen atoms in total. The van der Waals surface area contributed by atoms with Crippen molar-refractivity contribution in [3.63, 3.8) is 0 Å². The zero-order valence-corrected chi connectivity index (χ0v) is 10.5. The van der Waals surface area contributed by atoms with E-state index < -0.39 is 5.97 Å². The largest absolute Gasteiger partial charge is 0.481 e. The highest BCUT2D eigenvalue weighted by Crippen LogP contribution is 2.42. The minimum atomic E-state index is -0.770. The zero-order chi connectivity index (χ0) is 13.4. The van der Waals surface area contributed by atoms with Crippen LogP contribution in [0.1, 0.15) is 29.2 Å². The van der Waals surface area contributed by atoms with E-state index in [9.17, 15) is 4.79 Å². The summed E-state index contributed by atoms with van der Waals surface area (Å²) in [5.74, 6) is -0.770. The minimum absolute atomic E-state index is 0.101. The van der Waals surface area contributed by atoms with Gasteiger partial charge in [0.2, 0.25) is 0 Å². The lowest BCUT2D eigenvalue weighted by atomic mass is 10.0. The standard InChI is InChI=1S/C16H15NO2/c17-16-13-4-2-1-3-11(13)12-7-5-10(9-14(12)16)6-8-15(18)19/h1-5,7,9,16H,6,8,17H2,(H,18,19). The molecular weight excluding hydrogens is 238 g/mol. The van der Waals surface area contributed by atoms with E-state index in [-0.39, 0.29) is 12.5 Å². The van der Waals surface area contributed by atoms with Crippen molar-refractivity contribution in [1.82, 2.24) is 0 Å². The smallest absolute Gasteiger partial charge is 0.303 e. The van der Waals surface area contributed by atoms with Crippen molar-refractivity contribution in [2.45, 2.75) is 18.9 Å². The highest BCUT2D eigenvalue weighted by Gasteiger charge is 2.25. The molecule has 0 bridgehead atoms. The second kappa shape index (κ2) is 4.52. The topological polar surface area (TPSA) is 63.3 Å². The van der Waals surface area contributed by atoms with Crippen LogP contribution in [-0.2, 0) is 11.2 Å². The number of nitrogens with two attached hydrogens (primary N) is 1. The number of aliphatic carboxylic acids is 1. The first-order valence-electron chi connectivity index (χ1n) is 6.36.